The molecule has 9 nitrogen and oxygen atoms in total. The number of benzene rings is 3. The zero-order valence-corrected chi connectivity index (χ0v) is 20.7. The molecule has 0 aliphatic carbocycles. The number of nitrogens with zero attached hydrogens (tertiary/aromatic N) is 1. The van der Waals surface area contributed by atoms with Gasteiger partial charge >= 0.3 is 12.0 Å². The largest absolute Gasteiger partial charge is 0.497 e. The predicted octanol–water partition coefficient (Wildman–Crippen LogP) is 4.28. The fourth-order valence-electron chi connectivity index (χ4n) is 4.45. The molecule has 0 radical (unpaired) electrons. The van der Waals surface area contributed by atoms with Gasteiger partial charge in [-0.3, -0.25) is 0 Å². The maximum Gasteiger partial charge on any atom is 0.338 e. The molecule has 5 rings (SSSR count). The number of nitrogens with one attached hydrogen (secondary N) is 2. The minimum atomic E-state index is -0.790. The summed E-state index contributed by atoms with van der Waals surface area (Å²) in [5.74, 6) is 1.42. The number of carbonyl (C=O) groups is 2. The molecule has 2 N–H and O–H groups in total. The number of hydrogen-bond acceptors (Lipinski definition) is 7. The highest BCUT2D eigenvalue weighted by Gasteiger charge is 2.34. The lowest BCUT2D eigenvalue weighted by molar-refractivity contribution is -0.140. The van der Waals surface area contributed by atoms with E-state index in [1.54, 1.807) is 43.5 Å². The third-order valence-electron chi connectivity index (χ3n) is 6.33. The number of allylic oxidation sites excluding steroid dienone is 1. The normalized spacial score (nSPS) is 15.8. The van der Waals surface area contributed by atoms with E-state index in [4.69, 9.17) is 18.9 Å². The number of nitriles is 1. The van der Waals surface area contributed by atoms with Crippen LogP contribution in [0.25, 0.3) is 0 Å². The van der Waals surface area contributed by atoms with E-state index in [0.717, 1.165) is 11.1 Å². The maximum atomic E-state index is 13.5. The molecule has 2 aliphatic rings. The molecule has 0 aromatic heterocycles. The molecule has 3 aromatic carbocycles. The van der Waals surface area contributed by atoms with Gasteiger partial charge in [-0.05, 0) is 65.9 Å². The Morgan fingerprint density at radius 2 is 1.87 bits per heavy atom. The summed E-state index contributed by atoms with van der Waals surface area (Å²) in [6.07, 6.45) is 0.898. The molecular weight excluding hydrogens is 486 g/mol. The van der Waals surface area contributed by atoms with Crippen LogP contribution in [0, 0.1) is 11.3 Å². The molecule has 3 aromatic rings. The lowest BCUT2D eigenvalue weighted by Crippen LogP contribution is -2.46. The Bertz CT molecular complexity index is 1460. The smallest absolute Gasteiger partial charge is 0.338 e. The summed E-state index contributed by atoms with van der Waals surface area (Å²) in [4.78, 5) is 26.2. The number of methoxy groups -OCH3 is 1. The standard InChI is InChI=1S/C29H25N3O6/c1-35-22-7-3-5-20(13-22)16-36-28(33)26-23(10-8-18-9-11-24-25(14-18)38-17-37-24)31-29(34)32-27(26)21-6-2-4-19(12-21)15-30/h2-7,9,11-14,27H,8,10,16-17H2,1H3,(H2,31,32,34). The third-order valence-corrected chi connectivity index (χ3v) is 6.33. The monoisotopic (exact) mass is 511 g/mol. The minimum absolute atomic E-state index is 0.0217. The van der Waals surface area contributed by atoms with Crippen molar-refractivity contribution in [2.75, 3.05) is 13.9 Å². The van der Waals surface area contributed by atoms with E-state index in [-0.39, 0.29) is 19.0 Å². The van der Waals surface area contributed by atoms with Crippen LogP contribution in [-0.4, -0.2) is 25.9 Å². The van der Waals surface area contributed by atoms with Crippen molar-refractivity contribution in [2.45, 2.75) is 25.5 Å². The van der Waals surface area contributed by atoms with E-state index in [9.17, 15) is 14.9 Å². The van der Waals surface area contributed by atoms with Gasteiger partial charge < -0.3 is 29.6 Å². The Morgan fingerprint density at radius 3 is 2.71 bits per heavy atom. The van der Waals surface area contributed by atoms with Gasteiger partial charge in [-0.2, -0.15) is 5.26 Å². The molecule has 1 atom stereocenters. The molecule has 0 fully saturated rings. The quantitative estimate of drug-likeness (QED) is 0.433. The van der Waals surface area contributed by atoms with Crippen LogP contribution in [-0.2, 0) is 22.6 Å². The van der Waals surface area contributed by atoms with Crippen molar-refractivity contribution in [3.05, 3.63) is 100 Å². The zero-order chi connectivity index (χ0) is 26.5. The number of amides is 2. The van der Waals surface area contributed by atoms with Crippen LogP contribution in [0.1, 0.15) is 34.7 Å². The van der Waals surface area contributed by atoms with E-state index < -0.39 is 18.0 Å². The first-order valence-corrected chi connectivity index (χ1v) is 12.0. The lowest BCUT2D eigenvalue weighted by atomic mass is 9.92. The molecule has 192 valence electrons. The summed E-state index contributed by atoms with van der Waals surface area (Å²) in [7, 11) is 1.57. The Morgan fingerprint density at radius 1 is 1.03 bits per heavy atom. The molecule has 2 aliphatic heterocycles. The highest BCUT2D eigenvalue weighted by Crippen LogP contribution is 2.34. The van der Waals surface area contributed by atoms with Crippen molar-refractivity contribution in [3.63, 3.8) is 0 Å². The van der Waals surface area contributed by atoms with Gasteiger partial charge in [0.2, 0.25) is 6.79 Å². The van der Waals surface area contributed by atoms with Gasteiger partial charge in [0, 0.05) is 5.70 Å². The first kappa shape index (κ1) is 24.7. The van der Waals surface area contributed by atoms with Crippen LogP contribution in [0.2, 0.25) is 0 Å². The van der Waals surface area contributed by atoms with E-state index in [2.05, 4.69) is 16.7 Å². The fourth-order valence-corrected chi connectivity index (χ4v) is 4.45. The molecule has 38 heavy (non-hydrogen) atoms. The average molecular weight is 512 g/mol. The number of esters is 1. The average Bonchev–Trinajstić information content (AvgIpc) is 3.42. The topological polar surface area (TPSA) is 119 Å². The molecule has 2 amide bonds. The number of hydrogen-bond donors (Lipinski definition) is 2. The Labute approximate surface area is 219 Å². The second kappa shape index (κ2) is 11.0. The number of aryl methyl sites for hydroxylation is 1. The van der Waals surface area contributed by atoms with Gasteiger partial charge in [-0.25, -0.2) is 9.59 Å². The van der Waals surface area contributed by atoms with Crippen molar-refractivity contribution in [1.29, 1.82) is 5.26 Å². The van der Waals surface area contributed by atoms with Crippen LogP contribution in [0.3, 0.4) is 0 Å². The Balaban J connectivity index is 1.45. The van der Waals surface area contributed by atoms with Crippen molar-refractivity contribution in [3.8, 4) is 23.3 Å². The molecule has 0 saturated heterocycles. The first-order chi connectivity index (χ1) is 18.5. The summed E-state index contributed by atoms with van der Waals surface area (Å²) in [5.41, 5.74) is 3.48. The SMILES string of the molecule is COc1cccc(COC(=O)C2=C(CCc3ccc4c(c3)OCO4)NC(=O)NC2c2cccc(C#N)c2)c1. The predicted molar refractivity (Wildman–Crippen MR) is 136 cm³/mol. The van der Waals surface area contributed by atoms with Crippen molar-refractivity contribution >= 4 is 12.0 Å². The summed E-state index contributed by atoms with van der Waals surface area (Å²) in [5, 5.41) is 15.0. The summed E-state index contributed by atoms with van der Waals surface area (Å²) in [6, 6.07) is 20.6. The van der Waals surface area contributed by atoms with Crippen LogP contribution in [0.4, 0.5) is 4.79 Å². The van der Waals surface area contributed by atoms with Gasteiger partial charge in [0.1, 0.15) is 12.4 Å². The minimum Gasteiger partial charge on any atom is -0.497 e. The number of carbonyl (C=O) groups excluding carboxylic acids is 2. The highest BCUT2D eigenvalue weighted by atomic mass is 16.7. The number of ether oxygens (including phenoxy) is 4. The maximum absolute atomic E-state index is 13.5. The fraction of sp³-hybridized carbons (Fsp3) is 0.207. The van der Waals surface area contributed by atoms with Crippen molar-refractivity contribution in [2.24, 2.45) is 0 Å². The van der Waals surface area contributed by atoms with E-state index in [1.165, 1.54) is 0 Å². The second-order valence-corrected chi connectivity index (χ2v) is 8.78. The Hall–Kier alpha value is -4.97. The lowest BCUT2D eigenvalue weighted by Gasteiger charge is -2.29. The van der Waals surface area contributed by atoms with Gasteiger partial charge in [0.25, 0.3) is 0 Å². The zero-order valence-electron chi connectivity index (χ0n) is 20.7. The van der Waals surface area contributed by atoms with Gasteiger partial charge in [-0.15, -0.1) is 0 Å². The van der Waals surface area contributed by atoms with Crippen LogP contribution >= 0.6 is 0 Å². The van der Waals surface area contributed by atoms with E-state index in [1.807, 2.05) is 30.3 Å². The van der Waals surface area contributed by atoms with Crippen LogP contribution in [0.5, 0.6) is 17.2 Å². The molecule has 0 spiro atoms. The molecule has 9 heteroatoms. The molecule has 0 bridgehead atoms. The van der Waals surface area contributed by atoms with Gasteiger partial charge in [0.05, 0.1) is 30.4 Å². The van der Waals surface area contributed by atoms with Gasteiger partial charge in [-0.1, -0.05) is 30.3 Å². The molecule has 0 saturated carbocycles. The summed E-state index contributed by atoms with van der Waals surface area (Å²) in [6.45, 7) is 0.201. The molecular formula is C29H25N3O6. The van der Waals surface area contributed by atoms with Crippen molar-refractivity contribution < 1.29 is 28.5 Å². The number of rotatable bonds is 8. The third kappa shape index (κ3) is 5.39. The summed E-state index contributed by atoms with van der Waals surface area (Å²) >= 11 is 0. The highest BCUT2D eigenvalue weighted by molar-refractivity contribution is 5.95. The Kier molecular flexibility index (Phi) is 7.13. The number of fused-ring (bicyclic) bond motifs is 1. The molecule has 1 unspecified atom stereocenters. The first-order valence-electron chi connectivity index (χ1n) is 12.0. The number of urea groups is 1. The van der Waals surface area contributed by atoms with E-state index in [0.29, 0.717) is 46.9 Å². The van der Waals surface area contributed by atoms with Crippen LogP contribution < -0.4 is 24.8 Å². The molecule has 2 heterocycles. The van der Waals surface area contributed by atoms with E-state index >= 15 is 0 Å². The van der Waals surface area contributed by atoms with Crippen LogP contribution in [0.15, 0.2) is 78.0 Å². The van der Waals surface area contributed by atoms with Crippen molar-refractivity contribution in [1.82, 2.24) is 10.6 Å². The summed E-state index contributed by atoms with van der Waals surface area (Å²) < 4.78 is 21.8. The van der Waals surface area contributed by atoms with Gasteiger partial charge in [0.15, 0.2) is 11.5 Å². The second-order valence-electron chi connectivity index (χ2n) is 8.78.